The maximum atomic E-state index is 13.8. The highest BCUT2D eigenvalue weighted by Gasteiger charge is 2.29. The maximum Gasteiger partial charge on any atom is 0.128 e. The summed E-state index contributed by atoms with van der Waals surface area (Å²) in [7, 11) is 1.53. The van der Waals surface area contributed by atoms with E-state index in [1.54, 1.807) is 12.1 Å². The lowest BCUT2D eigenvalue weighted by Gasteiger charge is -2.30. The van der Waals surface area contributed by atoms with Gasteiger partial charge in [0, 0.05) is 5.56 Å². The van der Waals surface area contributed by atoms with Gasteiger partial charge in [-0.05, 0) is 37.0 Å². The second-order valence-electron chi connectivity index (χ2n) is 5.30. The van der Waals surface area contributed by atoms with E-state index in [2.05, 4.69) is 0 Å². The molecule has 0 amide bonds. The van der Waals surface area contributed by atoms with Crippen LogP contribution in [0.1, 0.15) is 43.7 Å². The summed E-state index contributed by atoms with van der Waals surface area (Å²) in [5.74, 6) is 0.347. The van der Waals surface area contributed by atoms with Gasteiger partial charge in [-0.2, -0.15) is 0 Å². The molecule has 3 N–H and O–H groups in total. The number of aliphatic hydroxyl groups excluding tert-OH is 1. The van der Waals surface area contributed by atoms with E-state index < -0.39 is 12.1 Å². The molecule has 0 aliphatic heterocycles. The SMILES string of the molecule is COc1ccc(F)c([C@H](N)[C@H](O)C2CCCCC2)c1. The molecule has 0 spiro atoms. The predicted octanol–water partition coefficient (Wildman–Crippen LogP) is 2.78. The molecule has 1 aliphatic carbocycles. The second-order valence-corrected chi connectivity index (χ2v) is 5.30. The molecule has 1 aromatic carbocycles. The van der Waals surface area contributed by atoms with Gasteiger partial charge >= 0.3 is 0 Å². The number of aliphatic hydroxyl groups is 1. The smallest absolute Gasteiger partial charge is 0.128 e. The van der Waals surface area contributed by atoms with Crippen LogP contribution in [0.5, 0.6) is 5.75 Å². The highest BCUT2D eigenvalue weighted by atomic mass is 19.1. The van der Waals surface area contributed by atoms with Gasteiger partial charge in [-0.1, -0.05) is 19.3 Å². The molecule has 19 heavy (non-hydrogen) atoms. The van der Waals surface area contributed by atoms with Crippen molar-refractivity contribution in [3.63, 3.8) is 0 Å². The van der Waals surface area contributed by atoms with Gasteiger partial charge < -0.3 is 15.6 Å². The Balaban J connectivity index is 2.15. The third-order valence-electron chi connectivity index (χ3n) is 4.06. The molecule has 0 aromatic heterocycles. The summed E-state index contributed by atoms with van der Waals surface area (Å²) in [5.41, 5.74) is 6.38. The van der Waals surface area contributed by atoms with Crippen LogP contribution in [0.25, 0.3) is 0 Å². The lowest BCUT2D eigenvalue weighted by atomic mass is 9.81. The van der Waals surface area contributed by atoms with Crippen LogP contribution in [0, 0.1) is 11.7 Å². The Morgan fingerprint density at radius 2 is 2.00 bits per heavy atom. The van der Waals surface area contributed by atoms with Gasteiger partial charge in [-0.3, -0.25) is 0 Å². The van der Waals surface area contributed by atoms with Crippen molar-refractivity contribution in [2.45, 2.75) is 44.2 Å². The van der Waals surface area contributed by atoms with Crippen LogP contribution < -0.4 is 10.5 Å². The Morgan fingerprint density at radius 1 is 1.32 bits per heavy atom. The first-order valence-electron chi connectivity index (χ1n) is 6.90. The predicted molar refractivity (Wildman–Crippen MR) is 72.5 cm³/mol. The summed E-state index contributed by atoms with van der Waals surface area (Å²) in [5, 5.41) is 10.4. The quantitative estimate of drug-likeness (QED) is 0.882. The van der Waals surface area contributed by atoms with E-state index in [0.717, 1.165) is 25.7 Å². The van der Waals surface area contributed by atoms with Crippen LogP contribution in [0.15, 0.2) is 18.2 Å². The lowest BCUT2D eigenvalue weighted by molar-refractivity contribution is 0.0607. The molecule has 1 aromatic rings. The molecule has 3 nitrogen and oxygen atoms in total. The summed E-state index contributed by atoms with van der Waals surface area (Å²) >= 11 is 0. The highest BCUT2D eigenvalue weighted by Crippen LogP contribution is 2.33. The van der Waals surface area contributed by atoms with Crippen molar-refractivity contribution in [3.8, 4) is 5.75 Å². The summed E-state index contributed by atoms with van der Waals surface area (Å²) < 4.78 is 18.9. The Labute approximate surface area is 113 Å². The maximum absolute atomic E-state index is 13.8. The molecule has 0 bridgehead atoms. The first-order chi connectivity index (χ1) is 9.13. The molecule has 0 heterocycles. The zero-order chi connectivity index (χ0) is 13.8. The number of nitrogens with two attached hydrogens (primary N) is 1. The summed E-state index contributed by atoms with van der Waals surface area (Å²) in [6.45, 7) is 0. The number of rotatable bonds is 4. The van der Waals surface area contributed by atoms with E-state index in [9.17, 15) is 9.50 Å². The standard InChI is InChI=1S/C15H22FNO2/c1-19-11-7-8-13(16)12(9-11)14(17)15(18)10-5-3-2-4-6-10/h7-10,14-15,18H,2-6,17H2,1H3/t14-,15+/m0/s1. The fourth-order valence-corrected chi connectivity index (χ4v) is 2.86. The largest absolute Gasteiger partial charge is 0.497 e. The molecule has 1 fully saturated rings. The molecule has 1 aliphatic rings. The van der Waals surface area contributed by atoms with Crippen molar-refractivity contribution in [3.05, 3.63) is 29.6 Å². The van der Waals surface area contributed by atoms with E-state index in [1.165, 1.54) is 19.6 Å². The highest BCUT2D eigenvalue weighted by molar-refractivity contribution is 5.32. The lowest BCUT2D eigenvalue weighted by Crippen LogP contribution is -2.34. The zero-order valence-electron chi connectivity index (χ0n) is 11.3. The van der Waals surface area contributed by atoms with E-state index in [0.29, 0.717) is 11.3 Å². The van der Waals surface area contributed by atoms with Gasteiger partial charge in [0.15, 0.2) is 0 Å². The first kappa shape index (κ1) is 14.3. The van der Waals surface area contributed by atoms with E-state index in [4.69, 9.17) is 10.5 Å². The Bertz CT molecular complexity index is 419. The van der Waals surface area contributed by atoms with E-state index >= 15 is 0 Å². The van der Waals surface area contributed by atoms with Crippen molar-refractivity contribution in [2.75, 3.05) is 7.11 Å². The molecular weight excluding hydrogens is 245 g/mol. The van der Waals surface area contributed by atoms with Gasteiger partial charge in [0.2, 0.25) is 0 Å². The van der Waals surface area contributed by atoms with Crippen LogP contribution in [0.2, 0.25) is 0 Å². The Kier molecular flexibility index (Phi) is 4.77. The number of hydrogen-bond donors (Lipinski definition) is 2. The fourth-order valence-electron chi connectivity index (χ4n) is 2.86. The van der Waals surface area contributed by atoms with Gasteiger partial charge in [-0.25, -0.2) is 4.39 Å². The van der Waals surface area contributed by atoms with Crippen LogP contribution in [-0.4, -0.2) is 18.3 Å². The number of hydrogen-bond acceptors (Lipinski definition) is 3. The van der Waals surface area contributed by atoms with Gasteiger partial charge in [-0.15, -0.1) is 0 Å². The number of benzene rings is 1. The molecule has 106 valence electrons. The molecule has 2 atom stereocenters. The minimum absolute atomic E-state index is 0.175. The van der Waals surface area contributed by atoms with Crippen molar-refractivity contribution in [2.24, 2.45) is 11.7 Å². The van der Waals surface area contributed by atoms with E-state index in [1.807, 2.05) is 0 Å². The van der Waals surface area contributed by atoms with Crippen LogP contribution in [0.3, 0.4) is 0 Å². The Morgan fingerprint density at radius 3 is 2.63 bits per heavy atom. The number of halogens is 1. The molecule has 0 unspecified atom stereocenters. The van der Waals surface area contributed by atoms with Gasteiger partial charge in [0.05, 0.1) is 19.3 Å². The van der Waals surface area contributed by atoms with Crippen molar-refractivity contribution < 1.29 is 14.2 Å². The topological polar surface area (TPSA) is 55.5 Å². The average molecular weight is 267 g/mol. The third kappa shape index (κ3) is 3.25. The number of ether oxygens (including phenoxy) is 1. The summed E-state index contributed by atoms with van der Waals surface area (Å²) in [6.07, 6.45) is 4.71. The van der Waals surface area contributed by atoms with Gasteiger partial charge in [0.25, 0.3) is 0 Å². The average Bonchev–Trinajstić information content (AvgIpc) is 2.47. The molecule has 0 saturated heterocycles. The monoisotopic (exact) mass is 267 g/mol. The Hall–Kier alpha value is -1.13. The molecule has 4 heteroatoms. The molecule has 0 radical (unpaired) electrons. The molecule has 2 rings (SSSR count). The summed E-state index contributed by atoms with van der Waals surface area (Å²) in [4.78, 5) is 0. The molecular formula is C15H22FNO2. The van der Waals surface area contributed by atoms with E-state index in [-0.39, 0.29) is 11.7 Å². The third-order valence-corrected chi connectivity index (χ3v) is 4.06. The van der Waals surface area contributed by atoms with Crippen molar-refractivity contribution in [1.82, 2.24) is 0 Å². The fraction of sp³-hybridized carbons (Fsp3) is 0.600. The van der Waals surface area contributed by atoms with Crippen LogP contribution in [-0.2, 0) is 0 Å². The molecule has 1 saturated carbocycles. The van der Waals surface area contributed by atoms with Crippen molar-refractivity contribution in [1.29, 1.82) is 0 Å². The normalized spacial score (nSPS) is 20.0. The first-order valence-corrected chi connectivity index (χ1v) is 6.90. The minimum Gasteiger partial charge on any atom is -0.497 e. The second kappa shape index (κ2) is 6.35. The summed E-state index contributed by atoms with van der Waals surface area (Å²) in [6, 6.07) is 3.77. The van der Waals surface area contributed by atoms with Gasteiger partial charge in [0.1, 0.15) is 11.6 Å². The van der Waals surface area contributed by atoms with Crippen molar-refractivity contribution >= 4 is 0 Å². The van der Waals surface area contributed by atoms with Crippen LogP contribution in [0.4, 0.5) is 4.39 Å². The van der Waals surface area contributed by atoms with Crippen LogP contribution >= 0.6 is 0 Å². The number of methoxy groups -OCH3 is 1. The minimum atomic E-state index is -0.696. The zero-order valence-corrected chi connectivity index (χ0v) is 11.3.